The van der Waals surface area contributed by atoms with Crippen LogP contribution in [0, 0.1) is 17.8 Å². The number of piperidine rings is 1. The van der Waals surface area contributed by atoms with E-state index in [1.807, 2.05) is 0 Å². The molecule has 2 N–H and O–H groups in total. The van der Waals surface area contributed by atoms with Gasteiger partial charge in [-0.1, -0.05) is 6.92 Å². The summed E-state index contributed by atoms with van der Waals surface area (Å²) in [5.74, 6) is 2.22. The van der Waals surface area contributed by atoms with Gasteiger partial charge in [-0.2, -0.15) is 0 Å². The average molecular weight is 198 g/mol. The van der Waals surface area contributed by atoms with Crippen molar-refractivity contribution >= 4 is 0 Å². The van der Waals surface area contributed by atoms with E-state index in [-0.39, 0.29) is 0 Å². The van der Waals surface area contributed by atoms with E-state index in [2.05, 4.69) is 17.1 Å². The summed E-state index contributed by atoms with van der Waals surface area (Å²) in [6.45, 7) is 8.42. The minimum atomic E-state index is 0.323. The van der Waals surface area contributed by atoms with Gasteiger partial charge in [0.2, 0.25) is 0 Å². The lowest BCUT2D eigenvalue weighted by atomic mass is 9.90. The number of nitrogens with zero attached hydrogens (tertiary/aromatic N) is 1. The van der Waals surface area contributed by atoms with Crippen LogP contribution in [0.1, 0.15) is 13.3 Å². The Morgan fingerprint density at radius 2 is 2.21 bits per heavy atom. The zero-order chi connectivity index (χ0) is 9.97. The summed E-state index contributed by atoms with van der Waals surface area (Å²) in [4.78, 5) is 2.53. The number of fused-ring (bicyclic) bond motifs is 1. The molecule has 3 heteroatoms. The average Bonchev–Trinajstić information content (AvgIpc) is 2.59. The van der Waals surface area contributed by atoms with Crippen molar-refractivity contribution in [1.82, 2.24) is 10.2 Å². The van der Waals surface area contributed by atoms with Crippen LogP contribution in [-0.4, -0.2) is 49.3 Å². The standard InChI is InChI=1S/C11H22N2O/c1-9(8-14)5-13-6-10-2-3-12-4-11(10)7-13/h9-12,14H,2-8H2,1H3. The summed E-state index contributed by atoms with van der Waals surface area (Å²) in [6.07, 6.45) is 1.34. The van der Waals surface area contributed by atoms with Crippen molar-refractivity contribution < 1.29 is 5.11 Å². The van der Waals surface area contributed by atoms with Gasteiger partial charge in [-0.05, 0) is 37.3 Å². The molecule has 2 heterocycles. The number of hydrogen-bond donors (Lipinski definition) is 2. The molecular weight excluding hydrogens is 176 g/mol. The molecule has 3 nitrogen and oxygen atoms in total. The van der Waals surface area contributed by atoms with Gasteiger partial charge in [-0.15, -0.1) is 0 Å². The Kier molecular flexibility index (Phi) is 3.42. The largest absolute Gasteiger partial charge is 0.396 e. The summed E-state index contributed by atoms with van der Waals surface area (Å²) in [7, 11) is 0. The monoisotopic (exact) mass is 198 g/mol. The van der Waals surface area contributed by atoms with E-state index in [4.69, 9.17) is 5.11 Å². The number of likely N-dealkylation sites (tertiary alicyclic amines) is 1. The van der Waals surface area contributed by atoms with Gasteiger partial charge in [0.05, 0.1) is 0 Å². The normalized spacial score (nSPS) is 35.6. The molecule has 0 aromatic rings. The molecule has 2 fully saturated rings. The van der Waals surface area contributed by atoms with Crippen LogP contribution < -0.4 is 5.32 Å². The first-order valence-electron chi connectivity index (χ1n) is 5.83. The van der Waals surface area contributed by atoms with E-state index in [1.54, 1.807) is 0 Å². The van der Waals surface area contributed by atoms with Crippen molar-refractivity contribution in [3.8, 4) is 0 Å². The minimum Gasteiger partial charge on any atom is -0.396 e. The number of aliphatic hydroxyl groups excluding tert-OH is 1. The van der Waals surface area contributed by atoms with E-state index < -0.39 is 0 Å². The van der Waals surface area contributed by atoms with E-state index in [9.17, 15) is 0 Å². The molecule has 0 radical (unpaired) electrons. The Balaban J connectivity index is 1.80. The third-order valence-corrected chi connectivity index (χ3v) is 3.63. The first-order valence-corrected chi connectivity index (χ1v) is 5.83. The zero-order valence-corrected chi connectivity index (χ0v) is 9.08. The molecule has 3 unspecified atom stereocenters. The van der Waals surface area contributed by atoms with E-state index >= 15 is 0 Å². The van der Waals surface area contributed by atoms with Gasteiger partial charge < -0.3 is 15.3 Å². The van der Waals surface area contributed by atoms with Crippen molar-refractivity contribution in [3.63, 3.8) is 0 Å². The van der Waals surface area contributed by atoms with Crippen molar-refractivity contribution in [2.45, 2.75) is 13.3 Å². The van der Waals surface area contributed by atoms with Gasteiger partial charge in [0, 0.05) is 26.2 Å². The van der Waals surface area contributed by atoms with Crippen molar-refractivity contribution in [2.75, 3.05) is 39.3 Å². The second kappa shape index (κ2) is 4.60. The number of nitrogens with one attached hydrogen (secondary N) is 1. The van der Waals surface area contributed by atoms with Gasteiger partial charge in [0.15, 0.2) is 0 Å². The Bertz CT molecular complexity index is 172. The molecule has 3 atom stereocenters. The van der Waals surface area contributed by atoms with Gasteiger partial charge in [0.25, 0.3) is 0 Å². The third kappa shape index (κ3) is 2.27. The zero-order valence-electron chi connectivity index (χ0n) is 9.08. The fourth-order valence-corrected chi connectivity index (χ4v) is 2.82. The maximum Gasteiger partial charge on any atom is 0.0468 e. The second-order valence-corrected chi connectivity index (χ2v) is 5.02. The first kappa shape index (κ1) is 10.4. The lowest BCUT2D eigenvalue weighted by molar-refractivity contribution is 0.187. The maximum atomic E-state index is 9.01. The van der Waals surface area contributed by atoms with Gasteiger partial charge in [0.1, 0.15) is 0 Å². The predicted molar refractivity (Wildman–Crippen MR) is 57.2 cm³/mol. The third-order valence-electron chi connectivity index (χ3n) is 3.63. The quantitative estimate of drug-likeness (QED) is 0.678. The molecule has 0 amide bonds. The van der Waals surface area contributed by atoms with Gasteiger partial charge >= 0.3 is 0 Å². The van der Waals surface area contributed by atoms with Crippen LogP contribution in [-0.2, 0) is 0 Å². The molecule has 14 heavy (non-hydrogen) atoms. The molecule has 2 aliphatic heterocycles. The van der Waals surface area contributed by atoms with Crippen LogP contribution in [0.2, 0.25) is 0 Å². The highest BCUT2D eigenvalue weighted by molar-refractivity contribution is 4.88. The maximum absolute atomic E-state index is 9.01. The van der Waals surface area contributed by atoms with Crippen molar-refractivity contribution in [2.24, 2.45) is 17.8 Å². The van der Waals surface area contributed by atoms with Crippen LogP contribution in [0.4, 0.5) is 0 Å². The smallest absolute Gasteiger partial charge is 0.0468 e. The van der Waals surface area contributed by atoms with Crippen LogP contribution >= 0.6 is 0 Å². The lowest BCUT2D eigenvalue weighted by Gasteiger charge is -2.24. The molecule has 2 rings (SSSR count). The van der Waals surface area contributed by atoms with Crippen LogP contribution in [0.5, 0.6) is 0 Å². The first-order chi connectivity index (χ1) is 6.79. The Labute approximate surface area is 86.5 Å². The van der Waals surface area contributed by atoms with Gasteiger partial charge in [-0.3, -0.25) is 0 Å². The molecule has 0 aromatic heterocycles. The van der Waals surface area contributed by atoms with E-state index in [0.717, 1.165) is 18.4 Å². The van der Waals surface area contributed by atoms with E-state index in [0.29, 0.717) is 12.5 Å². The SMILES string of the molecule is CC(CO)CN1CC2CCNCC2C1. The van der Waals surface area contributed by atoms with Crippen molar-refractivity contribution in [3.05, 3.63) is 0 Å². The minimum absolute atomic E-state index is 0.323. The summed E-state index contributed by atoms with van der Waals surface area (Å²) in [5.41, 5.74) is 0. The lowest BCUT2D eigenvalue weighted by Crippen LogP contribution is -2.35. The summed E-state index contributed by atoms with van der Waals surface area (Å²) >= 11 is 0. The number of hydrogen-bond acceptors (Lipinski definition) is 3. The fourth-order valence-electron chi connectivity index (χ4n) is 2.82. The molecule has 0 bridgehead atoms. The molecule has 0 spiro atoms. The summed E-state index contributed by atoms with van der Waals surface area (Å²) in [6, 6.07) is 0. The van der Waals surface area contributed by atoms with E-state index in [1.165, 1.54) is 32.6 Å². The summed E-state index contributed by atoms with van der Waals surface area (Å²) < 4.78 is 0. The fraction of sp³-hybridized carbons (Fsp3) is 1.00. The molecule has 0 saturated carbocycles. The molecular formula is C11H22N2O. The molecule has 82 valence electrons. The highest BCUT2D eigenvalue weighted by Crippen LogP contribution is 2.28. The molecule has 0 aromatic carbocycles. The second-order valence-electron chi connectivity index (χ2n) is 5.02. The van der Waals surface area contributed by atoms with Gasteiger partial charge in [-0.25, -0.2) is 0 Å². The van der Waals surface area contributed by atoms with Crippen molar-refractivity contribution in [1.29, 1.82) is 0 Å². The Hall–Kier alpha value is -0.120. The highest BCUT2D eigenvalue weighted by Gasteiger charge is 2.34. The van der Waals surface area contributed by atoms with Crippen LogP contribution in [0.25, 0.3) is 0 Å². The Morgan fingerprint density at radius 3 is 2.93 bits per heavy atom. The predicted octanol–water partition coefficient (Wildman–Crippen LogP) is 0.156. The topological polar surface area (TPSA) is 35.5 Å². The highest BCUT2D eigenvalue weighted by atomic mass is 16.3. The molecule has 0 aliphatic carbocycles. The molecule has 2 aliphatic rings. The number of rotatable bonds is 3. The number of aliphatic hydroxyl groups is 1. The Morgan fingerprint density at radius 1 is 1.43 bits per heavy atom. The molecule has 2 saturated heterocycles. The van der Waals surface area contributed by atoms with Crippen LogP contribution in [0.3, 0.4) is 0 Å². The summed E-state index contributed by atoms with van der Waals surface area (Å²) in [5, 5.41) is 12.5. The van der Waals surface area contributed by atoms with Crippen LogP contribution in [0.15, 0.2) is 0 Å².